The normalized spacial score (nSPS) is 12.5. The van der Waals surface area contributed by atoms with Crippen molar-refractivity contribution < 1.29 is 14.3 Å². The first-order chi connectivity index (χ1) is 11.8. The van der Waals surface area contributed by atoms with Crippen LogP contribution in [0.15, 0.2) is 42.5 Å². The van der Waals surface area contributed by atoms with Gasteiger partial charge in [-0.3, -0.25) is 4.79 Å². The Balaban J connectivity index is 2.20. The molecule has 0 saturated carbocycles. The minimum absolute atomic E-state index is 0.118. The van der Waals surface area contributed by atoms with Crippen LogP contribution in [0, 0.1) is 5.82 Å². The number of aliphatic hydroxyl groups is 1. The SMILES string of the molecule is CC(C)c1cccc(C(C)C)c1NC(=O)CC(O)c1cccc(F)c1. The highest BCUT2D eigenvalue weighted by molar-refractivity contribution is 5.93. The molecule has 0 fully saturated rings. The minimum Gasteiger partial charge on any atom is -0.388 e. The van der Waals surface area contributed by atoms with Crippen molar-refractivity contribution in [2.45, 2.75) is 52.1 Å². The van der Waals surface area contributed by atoms with E-state index in [-0.39, 0.29) is 24.2 Å². The lowest BCUT2D eigenvalue weighted by Crippen LogP contribution is -2.18. The maximum Gasteiger partial charge on any atom is 0.227 e. The van der Waals surface area contributed by atoms with Gasteiger partial charge in [-0.2, -0.15) is 0 Å². The van der Waals surface area contributed by atoms with E-state index < -0.39 is 11.9 Å². The van der Waals surface area contributed by atoms with Gasteiger partial charge in [-0.25, -0.2) is 4.39 Å². The molecular weight excluding hydrogens is 317 g/mol. The third-order valence-corrected chi connectivity index (χ3v) is 4.25. The number of carbonyl (C=O) groups excluding carboxylic acids is 1. The molecule has 0 aromatic heterocycles. The molecule has 2 rings (SSSR count). The zero-order chi connectivity index (χ0) is 18.6. The number of halogens is 1. The van der Waals surface area contributed by atoms with Crippen LogP contribution in [0.1, 0.15) is 68.7 Å². The Bertz CT molecular complexity index is 714. The number of anilines is 1. The van der Waals surface area contributed by atoms with E-state index in [0.717, 1.165) is 16.8 Å². The smallest absolute Gasteiger partial charge is 0.227 e. The fourth-order valence-corrected chi connectivity index (χ4v) is 2.89. The maximum atomic E-state index is 13.3. The van der Waals surface area contributed by atoms with Gasteiger partial charge in [0.15, 0.2) is 0 Å². The lowest BCUT2D eigenvalue weighted by Gasteiger charge is -2.21. The topological polar surface area (TPSA) is 49.3 Å². The lowest BCUT2D eigenvalue weighted by molar-refractivity contribution is -0.118. The van der Waals surface area contributed by atoms with E-state index in [0.29, 0.717) is 5.56 Å². The highest BCUT2D eigenvalue weighted by Gasteiger charge is 2.18. The minimum atomic E-state index is -1.04. The van der Waals surface area contributed by atoms with Crippen molar-refractivity contribution >= 4 is 11.6 Å². The number of nitrogens with one attached hydrogen (secondary N) is 1. The van der Waals surface area contributed by atoms with Gasteiger partial charge in [-0.05, 0) is 40.7 Å². The van der Waals surface area contributed by atoms with Gasteiger partial charge in [-0.15, -0.1) is 0 Å². The standard InChI is InChI=1S/C21H26FNO2/c1-13(2)17-9-6-10-18(14(3)4)21(17)23-20(25)12-19(24)15-7-5-8-16(22)11-15/h5-11,13-14,19,24H,12H2,1-4H3,(H,23,25). The highest BCUT2D eigenvalue weighted by atomic mass is 19.1. The van der Waals surface area contributed by atoms with Gasteiger partial charge in [0.2, 0.25) is 5.91 Å². The summed E-state index contributed by atoms with van der Waals surface area (Å²) >= 11 is 0. The molecule has 3 nitrogen and oxygen atoms in total. The van der Waals surface area contributed by atoms with Crippen LogP contribution in [0.4, 0.5) is 10.1 Å². The van der Waals surface area contributed by atoms with Crippen LogP contribution in [-0.4, -0.2) is 11.0 Å². The first kappa shape index (κ1) is 19.1. The molecule has 0 heterocycles. The third-order valence-electron chi connectivity index (χ3n) is 4.25. The Labute approximate surface area is 148 Å². The fourth-order valence-electron chi connectivity index (χ4n) is 2.89. The quantitative estimate of drug-likeness (QED) is 0.763. The van der Waals surface area contributed by atoms with E-state index in [4.69, 9.17) is 0 Å². The van der Waals surface area contributed by atoms with E-state index in [1.807, 2.05) is 18.2 Å². The Morgan fingerprint density at radius 2 is 1.60 bits per heavy atom. The van der Waals surface area contributed by atoms with Gasteiger partial charge in [-0.1, -0.05) is 58.0 Å². The average molecular weight is 343 g/mol. The molecule has 0 bridgehead atoms. The number of hydrogen-bond donors (Lipinski definition) is 2. The van der Waals surface area contributed by atoms with Gasteiger partial charge >= 0.3 is 0 Å². The van der Waals surface area contributed by atoms with Crippen molar-refractivity contribution in [1.82, 2.24) is 0 Å². The number of hydrogen-bond acceptors (Lipinski definition) is 2. The molecule has 134 valence electrons. The zero-order valence-corrected chi connectivity index (χ0v) is 15.2. The van der Waals surface area contributed by atoms with Gasteiger partial charge in [0, 0.05) is 5.69 Å². The van der Waals surface area contributed by atoms with Crippen molar-refractivity contribution in [3.8, 4) is 0 Å². The van der Waals surface area contributed by atoms with Gasteiger partial charge < -0.3 is 10.4 Å². The summed E-state index contributed by atoms with van der Waals surface area (Å²) < 4.78 is 13.3. The molecule has 2 aromatic carbocycles. The predicted molar refractivity (Wildman–Crippen MR) is 99.2 cm³/mol. The van der Waals surface area contributed by atoms with Gasteiger partial charge in [0.25, 0.3) is 0 Å². The Hall–Kier alpha value is -2.20. The summed E-state index contributed by atoms with van der Waals surface area (Å²) in [6, 6.07) is 11.7. The summed E-state index contributed by atoms with van der Waals surface area (Å²) in [6.07, 6.45) is -1.16. The fraction of sp³-hybridized carbons (Fsp3) is 0.381. The van der Waals surface area contributed by atoms with Crippen LogP contribution in [0.25, 0.3) is 0 Å². The van der Waals surface area contributed by atoms with Crippen LogP contribution < -0.4 is 5.32 Å². The molecule has 1 atom stereocenters. The number of aliphatic hydroxyl groups excluding tert-OH is 1. The second kappa shape index (κ2) is 8.26. The Morgan fingerprint density at radius 3 is 2.12 bits per heavy atom. The molecule has 2 N–H and O–H groups in total. The second-order valence-electron chi connectivity index (χ2n) is 6.94. The van der Waals surface area contributed by atoms with Crippen LogP contribution in [0.2, 0.25) is 0 Å². The molecule has 4 heteroatoms. The monoisotopic (exact) mass is 343 g/mol. The molecule has 0 aliphatic rings. The third kappa shape index (κ3) is 4.89. The van der Waals surface area contributed by atoms with Crippen molar-refractivity contribution in [3.63, 3.8) is 0 Å². The summed E-state index contributed by atoms with van der Waals surface area (Å²) in [6.45, 7) is 8.32. The van der Waals surface area contributed by atoms with Crippen LogP contribution in [-0.2, 0) is 4.79 Å². The molecule has 0 spiro atoms. The number of amides is 1. The molecule has 0 aliphatic carbocycles. The van der Waals surface area contributed by atoms with E-state index in [1.54, 1.807) is 6.07 Å². The number of carbonyl (C=O) groups is 1. The first-order valence-electron chi connectivity index (χ1n) is 8.65. The number of para-hydroxylation sites is 1. The molecule has 0 saturated heterocycles. The van der Waals surface area contributed by atoms with E-state index in [2.05, 4.69) is 33.0 Å². The molecule has 0 aliphatic heterocycles. The largest absolute Gasteiger partial charge is 0.388 e. The second-order valence-corrected chi connectivity index (χ2v) is 6.94. The average Bonchev–Trinajstić information content (AvgIpc) is 2.54. The van der Waals surface area contributed by atoms with Crippen LogP contribution >= 0.6 is 0 Å². The summed E-state index contributed by atoms with van der Waals surface area (Å²) in [7, 11) is 0. The Morgan fingerprint density at radius 1 is 1.04 bits per heavy atom. The van der Waals surface area contributed by atoms with Crippen molar-refractivity contribution in [2.75, 3.05) is 5.32 Å². The summed E-state index contributed by atoms with van der Waals surface area (Å²) in [5.41, 5.74) is 3.36. The zero-order valence-electron chi connectivity index (χ0n) is 15.2. The molecule has 1 unspecified atom stereocenters. The Kier molecular flexibility index (Phi) is 6.32. The van der Waals surface area contributed by atoms with Crippen molar-refractivity contribution in [1.29, 1.82) is 0 Å². The van der Waals surface area contributed by atoms with Crippen LogP contribution in [0.5, 0.6) is 0 Å². The first-order valence-corrected chi connectivity index (χ1v) is 8.65. The number of benzene rings is 2. The van der Waals surface area contributed by atoms with E-state index in [9.17, 15) is 14.3 Å². The molecule has 25 heavy (non-hydrogen) atoms. The molecule has 0 radical (unpaired) electrons. The van der Waals surface area contributed by atoms with Crippen LogP contribution in [0.3, 0.4) is 0 Å². The number of rotatable bonds is 6. The lowest BCUT2D eigenvalue weighted by atomic mass is 9.92. The molecule has 1 amide bonds. The highest BCUT2D eigenvalue weighted by Crippen LogP contribution is 2.32. The molecular formula is C21H26FNO2. The maximum absolute atomic E-state index is 13.3. The summed E-state index contributed by atoms with van der Waals surface area (Å²) in [5, 5.41) is 13.2. The predicted octanol–water partition coefficient (Wildman–Crippen LogP) is 5.13. The van der Waals surface area contributed by atoms with Gasteiger partial charge in [0.1, 0.15) is 5.82 Å². The van der Waals surface area contributed by atoms with E-state index >= 15 is 0 Å². The van der Waals surface area contributed by atoms with Gasteiger partial charge in [0.05, 0.1) is 12.5 Å². The van der Waals surface area contributed by atoms with Crippen molar-refractivity contribution in [2.24, 2.45) is 0 Å². The van der Waals surface area contributed by atoms with Crippen molar-refractivity contribution in [3.05, 3.63) is 65.0 Å². The van der Waals surface area contributed by atoms with E-state index in [1.165, 1.54) is 18.2 Å². The summed E-state index contributed by atoms with van der Waals surface area (Å²) in [5.74, 6) is -0.180. The molecule has 2 aromatic rings. The summed E-state index contributed by atoms with van der Waals surface area (Å²) in [4.78, 5) is 12.5.